The van der Waals surface area contributed by atoms with Crippen molar-refractivity contribution < 1.29 is 14.6 Å². The maximum absolute atomic E-state index is 10.4. The van der Waals surface area contributed by atoms with Gasteiger partial charge in [0.15, 0.2) is 0 Å². The average molecular weight is 242 g/mol. The molecule has 0 atom stereocenters. The number of carbonyl (C=O) groups is 1. The van der Waals surface area contributed by atoms with Crippen LogP contribution in [0.1, 0.15) is 65.2 Å². The van der Waals surface area contributed by atoms with Crippen LogP contribution in [-0.2, 0) is 9.53 Å². The van der Waals surface area contributed by atoms with E-state index in [1.165, 1.54) is 58.1 Å². The number of carboxylic acid groups (broad SMARTS) is 1. The quantitative estimate of drug-likeness (QED) is 0.336. The van der Waals surface area contributed by atoms with E-state index >= 15 is 0 Å². The van der Waals surface area contributed by atoms with Crippen molar-refractivity contribution in [2.45, 2.75) is 65.2 Å². The van der Waals surface area contributed by atoms with Crippen LogP contribution in [-0.4, -0.2) is 17.7 Å². The molecule has 0 aliphatic carbocycles. The molecule has 0 fully saturated rings. The summed E-state index contributed by atoms with van der Waals surface area (Å²) in [5.74, 6) is -0.916. The Balaban J connectivity index is 3.19. The highest BCUT2D eigenvalue weighted by Crippen LogP contribution is 2.08. The molecule has 100 valence electrons. The van der Waals surface area contributed by atoms with Crippen molar-refractivity contribution in [3.8, 4) is 0 Å². The molecule has 0 aliphatic heterocycles. The lowest BCUT2D eigenvalue weighted by molar-refractivity contribution is -0.132. The van der Waals surface area contributed by atoms with Crippen LogP contribution in [0.25, 0.3) is 0 Å². The number of rotatable bonds is 11. The number of hydrogen-bond acceptors (Lipinski definition) is 2. The lowest BCUT2D eigenvalue weighted by atomic mass is 10.1. The minimum atomic E-state index is -0.916. The largest absolute Gasteiger partial charge is 0.501 e. The van der Waals surface area contributed by atoms with Crippen LogP contribution in [0.3, 0.4) is 0 Å². The normalized spacial score (nSPS) is 11.5. The molecule has 0 aromatic carbocycles. The van der Waals surface area contributed by atoms with Crippen molar-refractivity contribution in [2.24, 2.45) is 0 Å². The topological polar surface area (TPSA) is 46.5 Å². The standard InChI is InChI=1S/C14H26O3/c1-3-4-5-6-7-8-9-10-11-17-12-13(2)14(15)16/h12H,3-11H2,1-2H3,(H,15,16). The van der Waals surface area contributed by atoms with Gasteiger partial charge in [0.1, 0.15) is 0 Å². The molecule has 0 radical (unpaired) electrons. The second-order valence-corrected chi connectivity index (χ2v) is 4.45. The summed E-state index contributed by atoms with van der Waals surface area (Å²) in [6.07, 6.45) is 11.4. The minimum Gasteiger partial charge on any atom is -0.501 e. The fourth-order valence-corrected chi connectivity index (χ4v) is 1.55. The van der Waals surface area contributed by atoms with Gasteiger partial charge in [0.2, 0.25) is 0 Å². The highest BCUT2D eigenvalue weighted by atomic mass is 16.5. The molecule has 0 bridgehead atoms. The maximum atomic E-state index is 10.4. The average Bonchev–Trinajstić information content (AvgIpc) is 2.31. The van der Waals surface area contributed by atoms with Crippen molar-refractivity contribution in [1.82, 2.24) is 0 Å². The van der Waals surface area contributed by atoms with E-state index in [0.717, 1.165) is 6.42 Å². The summed E-state index contributed by atoms with van der Waals surface area (Å²) in [5.41, 5.74) is 0.254. The Kier molecular flexibility index (Phi) is 10.8. The second kappa shape index (κ2) is 11.5. The lowest BCUT2D eigenvalue weighted by Gasteiger charge is -2.02. The predicted molar refractivity (Wildman–Crippen MR) is 70.0 cm³/mol. The minimum absolute atomic E-state index is 0.254. The van der Waals surface area contributed by atoms with Gasteiger partial charge in [-0.25, -0.2) is 4.79 Å². The molecule has 0 saturated carbocycles. The van der Waals surface area contributed by atoms with Crippen LogP contribution in [0.5, 0.6) is 0 Å². The Labute approximate surface area is 105 Å². The third kappa shape index (κ3) is 11.3. The highest BCUT2D eigenvalue weighted by molar-refractivity contribution is 5.85. The summed E-state index contributed by atoms with van der Waals surface area (Å²) < 4.78 is 5.16. The lowest BCUT2D eigenvalue weighted by Crippen LogP contribution is -1.97. The van der Waals surface area contributed by atoms with E-state index in [1.54, 1.807) is 0 Å². The Morgan fingerprint density at radius 1 is 1.06 bits per heavy atom. The number of ether oxygens (including phenoxy) is 1. The van der Waals surface area contributed by atoms with Crippen molar-refractivity contribution in [1.29, 1.82) is 0 Å². The van der Waals surface area contributed by atoms with Gasteiger partial charge in [-0.1, -0.05) is 51.9 Å². The molecule has 0 heterocycles. The van der Waals surface area contributed by atoms with Gasteiger partial charge in [0.05, 0.1) is 18.4 Å². The molecule has 1 N–H and O–H groups in total. The summed E-state index contributed by atoms with van der Waals surface area (Å²) in [5, 5.41) is 8.58. The number of unbranched alkanes of at least 4 members (excludes halogenated alkanes) is 7. The van der Waals surface area contributed by atoms with Gasteiger partial charge < -0.3 is 9.84 Å². The van der Waals surface area contributed by atoms with Crippen LogP contribution >= 0.6 is 0 Å². The molecule has 3 heteroatoms. The van der Waals surface area contributed by atoms with E-state index in [2.05, 4.69) is 6.92 Å². The summed E-state index contributed by atoms with van der Waals surface area (Å²) >= 11 is 0. The SMILES string of the molecule is CCCCCCCCCCOC=C(C)C(=O)O. The molecule has 0 unspecified atom stereocenters. The number of hydrogen-bond donors (Lipinski definition) is 1. The first-order chi connectivity index (χ1) is 8.18. The van der Waals surface area contributed by atoms with E-state index < -0.39 is 5.97 Å². The van der Waals surface area contributed by atoms with E-state index in [9.17, 15) is 4.79 Å². The zero-order valence-corrected chi connectivity index (χ0v) is 11.2. The molecule has 0 saturated heterocycles. The predicted octanol–water partition coefficient (Wildman–Crippen LogP) is 4.13. The van der Waals surface area contributed by atoms with Gasteiger partial charge in [-0.15, -0.1) is 0 Å². The summed E-state index contributed by atoms with van der Waals surface area (Å²) in [6.45, 7) is 4.39. The van der Waals surface area contributed by atoms with Gasteiger partial charge in [-0.3, -0.25) is 0 Å². The fraction of sp³-hybridized carbons (Fsp3) is 0.786. The van der Waals surface area contributed by atoms with Crippen molar-refractivity contribution in [3.63, 3.8) is 0 Å². The first kappa shape index (κ1) is 16.0. The van der Waals surface area contributed by atoms with Crippen LogP contribution in [0.15, 0.2) is 11.8 Å². The third-order valence-electron chi connectivity index (χ3n) is 2.71. The van der Waals surface area contributed by atoms with Gasteiger partial charge in [0, 0.05) is 0 Å². The highest BCUT2D eigenvalue weighted by Gasteiger charge is 1.98. The summed E-state index contributed by atoms with van der Waals surface area (Å²) in [4.78, 5) is 10.4. The maximum Gasteiger partial charge on any atom is 0.334 e. The van der Waals surface area contributed by atoms with Crippen LogP contribution < -0.4 is 0 Å². The summed E-state index contributed by atoms with van der Waals surface area (Å²) in [6, 6.07) is 0. The van der Waals surface area contributed by atoms with Gasteiger partial charge in [0.25, 0.3) is 0 Å². The van der Waals surface area contributed by atoms with Gasteiger partial charge >= 0.3 is 5.97 Å². The third-order valence-corrected chi connectivity index (χ3v) is 2.71. The van der Waals surface area contributed by atoms with Crippen LogP contribution in [0, 0.1) is 0 Å². The zero-order valence-electron chi connectivity index (χ0n) is 11.2. The summed E-state index contributed by atoms with van der Waals surface area (Å²) in [7, 11) is 0. The molecule has 0 aliphatic rings. The van der Waals surface area contributed by atoms with Crippen molar-refractivity contribution in [2.75, 3.05) is 6.61 Å². The Morgan fingerprint density at radius 3 is 2.12 bits per heavy atom. The second-order valence-electron chi connectivity index (χ2n) is 4.45. The Bertz CT molecular complexity index is 222. The van der Waals surface area contributed by atoms with E-state index in [4.69, 9.17) is 9.84 Å². The molecule has 0 amide bonds. The van der Waals surface area contributed by atoms with Crippen molar-refractivity contribution >= 4 is 5.97 Å². The monoisotopic (exact) mass is 242 g/mol. The van der Waals surface area contributed by atoms with Gasteiger partial charge in [-0.05, 0) is 13.3 Å². The zero-order chi connectivity index (χ0) is 12.9. The first-order valence-electron chi connectivity index (χ1n) is 6.70. The Hall–Kier alpha value is -0.990. The molecular weight excluding hydrogens is 216 g/mol. The van der Waals surface area contributed by atoms with E-state index in [1.807, 2.05) is 0 Å². The molecule has 3 nitrogen and oxygen atoms in total. The van der Waals surface area contributed by atoms with Crippen LogP contribution in [0.4, 0.5) is 0 Å². The van der Waals surface area contributed by atoms with E-state index in [-0.39, 0.29) is 5.57 Å². The fourth-order valence-electron chi connectivity index (χ4n) is 1.55. The molecule has 0 aromatic rings. The molecule has 0 spiro atoms. The molecule has 0 rings (SSSR count). The van der Waals surface area contributed by atoms with Crippen LogP contribution in [0.2, 0.25) is 0 Å². The first-order valence-corrected chi connectivity index (χ1v) is 6.70. The molecular formula is C14H26O3. The number of carboxylic acids is 1. The van der Waals surface area contributed by atoms with E-state index in [0.29, 0.717) is 6.61 Å². The Morgan fingerprint density at radius 2 is 1.59 bits per heavy atom. The van der Waals surface area contributed by atoms with Crippen molar-refractivity contribution in [3.05, 3.63) is 11.8 Å². The number of aliphatic carboxylic acids is 1. The van der Waals surface area contributed by atoms with Gasteiger partial charge in [-0.2, -0.15) is 0 Å². The molecule has 17 heavy (non-hydrogen) atoms. The molecule has 0 aromatic heterocycles. The smallest absolute Gasteiger partial charge is 0.334 e.